The first-order chi connectivity index (χ1) is 13.0. The third-order valence-electron chi connectivity index (χ3n) is 3.72. The Balaban J connectivity index is 2.11. The van der Waals surface area contributed by atoms with Gasteiger partial charge in [-0.3, -0.25) is 4.79 Å². The molecule has 0 saturated carbocycles. The number of amides is 1. The van der Waals surface area contributed by atoms with Gasteiger partial charge in [-0.05, 0) is 36.1 Å². The van der Waals surface area contributed by atoms with Crippen LogP contribution in [0, 0.1) is 0 Å². The number of ether oxygens (including phenoxy) is 3. The predicted molar refractivity (Wildman–Crippen MR) is 109 cm³/mol. The monoisotopic (exact) mass is 408 g/mol. The zero-order chi connectivity index (χ0) is 19.8. The molecule has 0 bridgehead atoms. The van der Waals surface area contributed by atoms with Crippen LogP contribution in [0.25, 0.3) is 0 Å². The number of nitrogens with one attached hydrogen (secondary N) is 1. The molecule has 8 heteroatoms. The van der Waals surface area contributed by atoms with Gasteiger partial charge in [-0.25, -0.2) is 5.43 Å². The number of rotatable bonds is 8. The van der Waals surface area contributed by atoms with Crippen LogP contribution in [-0.2, 0) is 11.2 Å². The number of thioether (sulfide) groups is 1. The summed E-state index contributed by atoms with van der Waals surface area (Å²) >= 11 is 7.58. The molecule has 2 aromatic rings. The van der Waals surface area contributed by atoms with Crippen molar-refractivity contribution < 1.29 is 19.0 Å². The van der Waals surface area contributed by atoms with Crippen LogP contribution >= 0.6 is 23.4 Å². The Labute approximate surface area is 167 Å². The molecule has 0 aliphatic heterocycles. The molecule has 27 heavy (non-hydrogen) atoms. The lowest BCUT2D eigenvalue weighted by Crippen LogP contribution is -2.20. The van der Waals surface area contributed by atoms with E-state index in [0.29, 0.717) is 27.8 Å². The molecule has 6 nitrogen and oxygen atoms in total. The highest BCUT2D eigenvalue weighted by molar-refractivity contribution is 7.98. The van der Waals surface area contributed by atoms with Gasteiger partial charge in [-0.15, -0.1) is 11.8 Å². The Morgan fingerprint density at radius 1 is 1.11 bits per heavy atom. The number of methoxy groups -OCH3 is 3. The summed E-state index contributed by atoms with van der Waals surface area (Å²) in [5.41, 5.74) is 4.01. The molecule has 0 saturated heterocycles. The van der Waals surface area contributed by atoms with E-state index in [2.05, 4.69) is 10.5 Å². The van der Waals surface area contributed by atoms with Gasteiger partial charge in [0.25, 0.3) is 0 Å². The fraction of sp³-hybridized carbons (Fsp3) is 0.263. The molecule has 0 aromatic heterocycles. The molecule has 2 rings (SSSR count). The molecule has 0 spiro atoms. The van der Waals surface area contributed by atoms with E-state index < -0.39 is 0 Å². The summed E-state index contributed by atoms with van der Waals surface area (Å²) in [6.07, 6.45) is 3.62. The van der Waals surface area contributed by atoms with Crippen LogP contribution in [0.4, 0.5) is 0 Å². The van der Waals surface area contributed by atoms with Crippen LogP contribution in [-0.4, -0.2) is 39.7 Å². The number of nitrogens with zero attached hydrogens (tertiary/aromatic N) is 1. The SMILES string of the molecule is COc1cc(OC)c(OC)cc1/C=N\NC(=O)Cc1cc(Cl)ccc1SC. The van der Waals surface area contributed by atoms with Gasteiger partial charge in [0.2, 0.25) is 5.91 Å². The number of benzene rings is 2. The van der Waals surface area contributed by atoms with Crippen LogP contribution in [0.2, 0.25) is 5.02 Å². The van der Waals surface area contributed by atoms with Crippen LogP contribution in [0.1, 0.15) is 11.1 Å². The minimum Gasteiger partial charge on any atom is -0.496 e. The minimum atomic E-state index is -0.247. The number of halogens is 1. The second-order valence-electron chi connectivity index (χ2n) is 5.38. The number of hydrazone groups is 1. The van der Waals surface area contributed by atoms with Gasteiger partial charge in [0.1, 0.15) is 5.75 Å². The number of hydrogen-bond acceptors (Lipinski definition) is 6. The standard InChI is InChI=1S/C19H21ClN2O4S/c1-24-15-10-17(26-3)16(25-2)8-13(15)11-21-22-19(23)9-12-7-14(20)5-6-18(12)27-4/h5-8,10-11H,9H2,1-4H3,(H,22,23)/b21-11-. The van der Waals surface area contributed by atoms with Crippen molar-refractivity contribution in [1.29, 1.82) is 0 Å². The normalized spacial score (nSPS) is 10.7. The number of carbonyl (C=O) groups is 1. The Morgan fingerprint density at radius 2 is 1.78 bits per heavy atom. The predicted octanol–water partition coefficient (Wildman–Crippen LogP) is 3.78. The summed E-state index contributed by atoms with van der Waals surface area (Å²) in [6.45, 7) is 0. The van der Waals surface area contributed by atoms with E-state index in [1.54, 1.807) is 57.4 Å². The quantitative estimate of drug-likeness (QED) is 0.409. The molecular weight excluding hydrogens is 388 g/mol. The fourth-order valence-corrected chi connectivity index (χ4v) is 3.22. The van der Waals surface area contributed by atoms with Crippen LogP contribution in [0.5, 0.6) is 17.2 Å². The van der Waals surface area contributed by atoms with Crippen molar-refractivity contribution in [2.45, 2.75) is 11.3 Å². The fourth-order valence-electron chi connectivity index (χ4n) is 2.43. The van der Waals surface area contributed by atoms with Crippen LogP contribution in [0.3, 0.4) is 0 Å². The first-order valence-corrected chi connectivity index (χ1v) is 9.57. The van der Waals surface area contributed by atoms with E-state index in [9.17, 15) is 4.79 Å². The molecule has 0 aliphatic carbocycles. The second-order valence-corrected chi connectivity index (χ2v) is 6.66. The summed E-state index contributed by atoms with van der Waals surface area (Å²) in [5, 5.41) is 4.61. The van der Waals surface area contributed by atoms with Crippen LogP contribution < -0.4 is 19.6 Å². The van der Waals surface area contributed by atoms with Gasteiger partial charge in [0.15, 0.2) is 11.5 Å². The van der Waals surface area contributed by atoms with E-state index in [1.807, 2.05) is 12.3 Å². The van der Waals surface area contributed by atoms with E-state index in [-0.39, 0.29) is 12.3 Å². The average Bonchev–Trinajstić information content (AvgIpc) is 2.67. The van der Waals surface area contributed by atoms with Crippen molar-refractivity contribution in [2.75, 3.05) is 27.6 Å². The van der Waals surface area contributed by atoms with E-state index in [1.165, 1.54) is 6.21 Å². The topological polar surface area (TPSA) is 69.2 Å². The van der Waals surface area contributed by atoms with Gasteiger partial charge in [0, 0.05) is 21.5 Å². The van der Waals surface area contributed by atoms with Crippen molar-refractivity contribution >= 4 is 35.5 Å². The van der Waals surface area contributed by atoms with Gasteiger partial charge in [-0.1, -0.05) is 11.6 Å². The summed E-state index contributed by atoms with van der Waals surface area (Å²) < 4.78 is 15.8. The molecule has 0 unspecified atom stereocenters. The highest BCUT2D eigenvalue weighted by atomic mass is 35.5. The average molecular weight is 409 g/mol. The maximum Gasteiger partial charge on any atom is 0.244 e. The van der Waals surface area contributed by atoms with Crippen LogP contribution in [0.15, 0.2) is 40.3 Å². The van der Waals surface area contributed by atoms with Crippen molar-refractivity contribution in [3.63, 3.8) is 0 Å². The maximum atomic E-state index is 12.2. The van der Waals surface area contributed by atoms with Crippen molar-refractivity contribution in [2.24, 2.45) is 5.10 Å². The first-order valence-electron chi connectivity index (χ1n) is 7.96. The van der Waals surface area contributed by atoms with E-state index >= 15 is 0 Å². The van der Waals surface area contributed by atoms with E-state index in [4.69, 9.17) is 25.8 Å². The van der Waals surface area contributed by atoms with Crippen molar-refractivity contribution in [1.82, 2.24) is 5.43 Å². The summed E-state index contributed by atoms with van der Waals surface area (Å²) in [6, 6.07) is 8.90. The second kappa shape index (κ2) is 10.1. The highest BCUT2D eigenvalue weighted by Crippen LogP contribution is 2.33. The highest BCUT2D eigenvalue weighted by Gasteiger charge is 2.11. The van der Waals surface area contributed by atoms with Gasteiger partial charge < -0.3 is 14.2 Å². The molecule has 1 amide bonds. The molecule has 0 heterocycles. The Morgan fingerprint density at radius 3 is 2.41 bits per heavy atom. The Kier molecular flexibility index (Phi) is 7.82. The number of carbonyl (C=O) groups excluding carboxylic acids is 1. The maximum absolute atomic E-state index is 12.2. The lowest BCUT2D eigenvalue weighted by atomic mass is 10.1. The van der Waals surface area contributed by atoms with Crippen molar-refractivity contribution in [3.05, 3.63) is 46.5 Å². The van der Waals surface area contributed by atoms with E-state index in [0.717, 1.165) is 10.5 Å². The van der Waals surface area contributed by atoms with Gasteiger partial charge in [-0.2, -0.15) is 5.10 Å². The van der Waals surface area contributed by atoms with Gasteiger partial charge in [0.05, 0.1) is 34.0 Å². The zero-order valence-corrected chi connectivity index (χ0v) is 17.1. The molecule has 0 aliphatic rings. The third-order valence-corrected chi connectivity index (χ3v) is 4.80. The molecule has 2 aromatic carbocycles. The summed E-state index contributed by atoms with van der Waals surface area (Å²) in [5.74, 6) is 1.38. The minimum absolute atomic E-state index is 0.178. The molecule has 1 N–H and O–H groups in total. The summed E-state index contributed by atoms with van der Waals surface area (Å²) in [7, 11) is 4.63. The largest absolute Gasteiger partial charge is 0.496 e. The molecule has 144 valence electrons. The first kappa shape index (κ1) is 20.9. The van der Waals surface area contributed by atoms with Gasteiger partial charge >= 0.3 is 0 Å². The third kappa shape index (κ3) is 5.55. The molecule has 0 radical (unpaired) electrons. The lowest BCUT2D eigenvalue weighted by Gasteiger charge is -2.11. The molecule has 0 fully saturated rings. The Bertz CT molecular complexity index is 843. The molecular formula is C19H21ClN2O4S. The number of hydrogen-bond donors (Lipinski definition) is 1. The van der Waals surface area contributed by atoms with Crippen molar-refractivity contribution in [3.8, 4) is 17.2 Å². The lowest BCUT2D eigenvalue weighted by molar-refractivity contribution is -0.120. The zero-order valence-electron chi connectivity index (χ0n) is 15.5. The smallest absolute Gasteiger partial charge is 0.244 e. The molecule has 0 atom stereocenters. The summed E-state index contributed by atoms with van der Waals surface area (Å²) in [4.78, 5) is 13.2. The Hall–Kier alpha value is -2.38.